The fourth-order valence-electron chi connectivity index (χ4n) is 3.11. The molecule has 0 amide bonds. The lowest BCUT2D eigenvalue weighted by atomic mass is 10.1. The molecule has 0 aliphatic rings. The highest BCUT2D eigenvalue weighted by atomic mass is 19.2. The van der Waals surface area contributed by atoms with Crippen LogP contribution in [-0.2, 0) is 0 Å². The highest BCUT2D eigenvalue weighted by Crippen LogP contribution is 2.29. The summed E-state index contributed by atoms with van der Waals surface area (Å²) in [6.07, 6.45) is 5.45. The van der Waals surface area contributed by atoms with Gasteiger partial charge in [-0.15, -0.1) is 0 Å². The molecular formula is C22H26F2N8O. The summed E-state index contributed by atoms with van der Waals surface area (Å²) in [6, 6.07) is 7.79. The summed E-state index contributed by atoms with van der Waals surface area (Å²) in [4.78, 5) is 8.13. The quantitative estimate of drug-likeness (QED) is 0.126. The van der Waals surface area contributed by atoms with Crippen molar-refractivity contribution in [1.82, 2.24) is 15.3 Å². The van der Waals surface area contributed by atoms with Gasteiger partial charge in [0, 0.05) is 24.2 Å². The van der Waals surface area contributed by atoms with Crippen molar-refractivity contribution in [2.75, 3.05) is 30.4 Å². The number of nitrogens with two attached hydrogens (primary N) is 3. The highest BCUT2D eigenvalue weighted by Gasteiger charge is 2.23. The number of nitrogen functional groups attached to an aromatic ring is 1. The van der Waals surface area contributed by atoms with Crippen molar-refractivity contribution in [2.24, 2.45) is 16.8 Å². The maximum absolute atomic E-state index is 14.9. The first kappa shape index (κ1) is 23.8. The number of aromatic nitrogens is 2. The van der Waals surface area contributed by atoms with Crippen LogP contribution in [0.5, 0.6) is 5.75 Å². The maximum atomic E-state index is 14.9. The van der Waals surface area contributed by atoms with E-state index in [2.05, 4.69) is 20.4 Å². The Morgan fingerprint density at radius 3 is 2.61 bits per heavy atom. The molecule has 0 radical (unpaired) electrons. The average molecular weight is 457 g/mol. The second kappa shape index (κ2) is 11.2. The van der Waals surface area contributed by atoms with Crippen molar-refractivity contribution in [1.29, 1.82) is 0 Å². The Kier molecular flexibility index (Phi) is 8.06. The second-order valence-corrected chi connectivity index (χ2v) is 6.98. The first-order valence-corrected chi connectivity index (χ1v) is 10.3. The number of nitrogens with zero attached hydrogens (tertiary/aromatic N) is 4. The van der Waals surface area contributed by atoms with Crippen molar-refractivity contribution < 1.29 is 13.5 Å². The largest absolute Gasteiger partial charge is 0.490 e. The number of nitrogens with one attached hydrogen (secondary N) is 1. The lowest BCUT2D eigenvalue weighted by Gasteiger charge is -2.22. The summed E-state index contributed by atoms with van der Waals surface area (Å²) in [6.45, 7) is 3.74. The molecule has 0 atom stereocenters. The first-order valence-electron chi connectivity index (χ1n) is 10.3. The van der Waals surface area contributed by atoms with Gasteiger partial charge in [-0.25, -0.2) is 15.2 Å². The third-order valence-electron chi connectivity index (χ3n) is 4.82. The number of benzene rings is 1. The monoisotopic (exact) mass is 456 g/mol. The molecule has 0 fully saturated rings. The van der Waals surface area contributed by atoms with Crippen molar-refractivity contribution >= 4 is 17.3 Å². The number of hydrogen-bond acceptors (Lipinski definition) is 8. The van der Waals surface area contributed by atoms with E-state index in [0.29, 0.717) is 18.5 Å². The number of anilines is 2. The van der Waals surface area contributed by atoms with Crippen LogP contribution in [0, 0.1) is 11.6 Å². The molecular weight excluding hydrogens is 430 g/mol. The second-order valence-electron chi connectivity index (χ2n) is 6.98. The van der Waals surface area contributed by atoms with Gasteiger partial charge in [-0.1, -0.05) is 6.92 Å². The zero-order valence-corrected chi connectivity index (χ0v) is 18.1. The Morgan fingerprint density at radius 1 is 1.15 bits per heavy atom. The molecule has 3 rings (SSSR count). The average Bonchev–Trinajstić information content (AvgIpc) is 2.83. The summed E-state index contributed by atoms with van der Waals surface area (Å²) in [5.41, 5.74) is 7.45. The van der Waals surface area contributed by atoms with E-state index >= 15 is 0 Å². The van der Waals surface area contributed by atoms with Gasteiger partial charge in [0.25, 0.3) is 0 Å². The normalized spacial score (nSPS) is 11.5. The Morgan fingerprint density at radius 2 is 1.91 bits per heavy atom. The molecule has 3 aromatic rings. The molecule has 0 bridgehead atoms. The fraction of sp³-hybridized carbons (Fsp3) is 0.227. The van der Waals surface area contributed by atoms with Crippen molar-refractivity contribution in [3.05, 3.63) is 66.1 Å². The van der Waals surface area contributed by atoms with Gasteiger partial charge in [0.15, 0.2) is 17.4 Å². The van der Waals surface area contributed by atoms with E-state index in [-0.39, 0.29) is 35.3 Å². The number of pyridine rings is 2. The van der Waals surface area contributed by atoms with Crippen LogP contribution in [0.2, 0.25) is 0 Å². The zero-order chi connectivity index (χ0) is 23.8. The van der Waals surface area contributed by atoms with Gasteiger partial charge in [-0.3, -0.25) is 9.99 Å². The number of amidine groups is 1. The molecule has 2 aromatic heterocycles. The summed E-state index contributed by atoms with van der Waals surface area (Å²) in [5, 5.41) is 7.60. The number of hydrazine groups is 1. The number of ether oxygens (including phenoxy) is 1. The van der Waals surface area contributed by atoms with Crippen molar-refractivity contribution in [3.8, 4) is 16.9 Å². The topological polar surface area (TPSA) is 141 Å². The summed E-state index contributed by atoms with van der Waals surface area (Å²) in [7, 11) is 0. The minimum Gasteiger partial charge on any atom is -0.490 e. The number of hydrazone groups is 1. The SMILES string of the molecule is CCNCCCOc1ccc(N(N)/C(=N\N)c2cc(-c3ccncc3)cnc2N)c(F)c1F. The van der Waals surface area contributed by atoms with E-state index in [4.69, 9.17) is 22.2 Å². The predicted molar refractivity (Wildman–Crippen MR) is 124 cm³/mol. The predicted octanol–water partition coefficient (Wildman–Crippen LogP) is 2.38. The minimum absolute atomic E-state index is 0.0639. The lowest BCUT2D eigenvalue weighted by molar-refractivity contribution is 0.288. The molecule has 0 spiro atoms. The van der Waals surface area contributed by atoms with Crippen LogP contribution < -0.4 is 32.5 Å². The van der Waals surface area contributed by atoms with Crippen LogP contribution >= 0.6 is 0 Å². The minimum atomic E-state index is -1.21. The van der Waals surface area contributed by atoms with Gasteiger partial charge in [-0.05, 0) is 55.4 Å². The van der Waals surface area contributed by atoms with Crippen molar-refractivity contribution in [2.45, 2.75) is 13.3 Å². The summed E-state index contributed by atoms with van der Waals surface area (Å²) in [5.74, 6) is 9.01. The van der Waals surface area contributed by atoms with E-state index in [1.54, 1.807) is 36.8 Å². The molecule has 2 heterocycles. The molecule has 9 nitrogen and oxygen atoms in total. The summed E-state index contributed by atoms with van der Waals surface area (Å²) < 4.78 is 34.8. The van der Waals surface area contributed by atoms with E-state index in [1.807, 2.05) is 6.92 Å². The lowest BCUT2D eigenvalue weighted by Crippen LogP contribution is -2.40. The van der Waals surface area contributed by atoms with Crippen LogP contribution in [0.25, 0.3) is 11.1 Å². The Hall–Kier alpha value is -3.83. The van der Waals surface area contributed by atoms with Gasteiger partial charge in [0.05, 0.1) is 17.9 Å². The highest BCUT2D eigenvalue weighted by molar-refractivity contribution is 6.12. The van der Waals surface area contributed by atoms with E-state index in [9.17, 15) is 8.78 Å². The fourth-order valence-corrected chi connectivity index (χ4v) is 3.11. The van der Waals surface area contributed by atoms with Crippen molar-refractivity contribution in [3.63, 3.8) is 0 Å². The van der Waals surface area contributed by atoms with Crippen LogP contribution in [0.15, 0.2) is 54.0 Å². The molecule has 0 saturated heterocycles. The molecule has 7 N–H and O–H groups in total. The Balaban J connectivity index is 1.86. The van der Waals surface area contributed by atoms with Crippen LogP contribution in [-0.4, -0.2) is 35.5 Å². The van der Waals surface area contributed by atoms with Gasteiger partial charge < -0.3 is 21.6 Å². The van der Waals surface area contributed by atoms with Gasteiger partial charge in [0.1, 0.15) is 5.82 Å². The Bertz CT molecular complexity index is 1110. The molecule has 0 unspecified atom stereocenters. The van der Waals surface area contributed by atoms with Crippen LogP contribution in [0.4, 0.5) is 20.3 Å². The number of halogens is 2. The molecule has 0 aliphatic heterocycles. The number of rotatable bonds is 9. The van der Waals surface area contributed by atoms with Crippen LogP contribution in [0.3, 0.4) is 0 Å². The molecule has 11 heteroatoms. The zero-order valence-electron chi connectivity index (χ0n) is 18.1. The standard InChI is InChI=1S/C22H26F2N8O/c1-2-28-8-3-11-33-18-5-4-17(19(23)20(18)24)32(27)22(31-26)16-12-15(13-30-21(16)25)14-6-9-29-10-7-14/h4-7,9-10,12-13,28H,2-3,8,11,26-27H2,1H3,(H2,25,30)/b31-22-. The van der Waals surface area contributed by atoms with Gasteiger partial charge in [-0.2, -0.15) is 9.49 Å². The van der Waals surface area contributed by atoms with Gasteiger partial charge >= 0.3 is 0 Å². The molecule has 0 saturated carbocycles. The molecule has 0 aliphatic carbocycles. The van der Waals surface area contributed by atoms with Gasteiger partial charge in [0.2, 0.25) is 5.82 Å². The molecule has 174 valence electrons. The third-order valence-corrected chi connectivity index (χ3v) is 4.82. The maximum Gasteiger partial charge on any atom is 0.202 e. The molecule has 1 aromatic carbocycles. The number of hydrogen-bond donors (Lipinski definition) is 4. The molecule has 33 heavy (non-hydrogen) atoms. The first-order chi connectivity index (χ1) is 16.0. The van der Waals surface area contributed by atoms with E-state index in [0.717, 1.165) is 17.1 Å². The summed E-state index contributed by atoms with van der Waals surface area (Å²) >= 11 is 0. The Labute approximate surface area is 190 Å². The van der Waals surface area contributed by atoms with E-state index < -0.39 is 11.6 Å². The smallest absolute Gasteiger partial charge is 0.202 e. The van der Waals surface area contributed by atoms with E-state index in [1.165, 1.54) is 12.1 Å². The third kappa shape index (κ3) is 5.51. The van der Waals surface area contributed by atoms with Crippen LogP contribution in [0.1, 0.15) is 18.9 Å².